The van der Waals surface area contributed by atoms with E-state index in [0.29, 0.717) is 55.4 Å². The smallest absolute Gasteiger partial charge is 0.338 e. The lowest BCUT2D eigenvalue weighted by Crippen LogP contribution is -2.40. The quantitative estimate of drug-likeness (QED) is 0.269. The molecule has 9 heteroatoms. The maximum atomic E-state index is 14.3. The van der Waals surface area contributed by atoms with Crippen LogP contribution in [0.2, 0.25) is 0 Å². The number of carbonyl (C=O) groups excluding carboxylic acids is 1. The Morgan fingerprint density at radius 3 is 2.46 bits per heavy atom. The van der Waals surface area contributed by atoms with Crippen molar-refractivity contribution in [3.8, 4) is 17.2 Å². The zero-order chi connectivity index (χ0) is 29.1. The molecule has 0 saturated carbocycles. The molecule has 0 saturated heterocycles. The maximum Gasteiger partial charge on any atom is 0.338 e. The highest BCUT2D eigenvalue weighted by Gasteiger charge is 2.37. The van der Waals surface area contributed by atoms with Crippen LogP contribution in [-0.2, 0) is 9.53 Å². The van der Waals surface area contributed by atoms with Gasteiger partial charge in [0.05, 0.1) is 43.7 Å². The topological polar surface area (TPSA) is 88.4 Å². The van der Waals surface area contributed by atoms with E-state index in [1.54, 1.807) is 51.0 Å². The molecule has 0 N–H and O–H groups in total. The Hall–Kier alpha value is -4.37. The molecular weight excluding hydrogens is 540 g/mol. The van der Waals surface area contributed by atoms with Gasteiger partial charge in [0.15, 0.2) is 4.80 Å². The fourth-order valence-electron chi connectivity index (χ4n) is 5.22. The normalized spacial score (nSPS) is 15.0. The Bertz CT molecular complexity index is 1840. The zero-order valence-electron chi connectivity index (χ0n) is 23.7. The molecule has 4 aromatic rings. The van der Waals surface area contributed by atoms with Gasteiger partial charge in [0, 0.05) is 11.1 Å². The lowest BCUT2D eigenvalue weighted by Gasteiger charge is -2.28. The number of hydrogen-bond acceptors (Lipinski definition) is 8. The van der Waals surface area contributed by atoms with Gasteiger partial charge in [-0.25, -0.2) is 9.79 Å². The second kappa shape index (κ2) is 12.0. The average Bonchev–Trinajstić information content (AvgIpc) is 3.30. The van der Waals surface area contributed by atoms with Crippen molar-refractivity contribution in [3.05, 3.63) is 96.7 Å². The van der Waals surface area contributed by atoms with E-state index in [2.05, 4.69) is 0 Å². The van der Waals surface area contributed by atoms with Gasteiger partial charge in [-0.2, -0.15) is 0 Å². The number of carbonyl (C=O) groups is 1. The molecule has 2 heterocycles. The molecule has 0 amide bonds. The summed E-state index contributed by atoms with van der Waals surface area (Å²) >= 11 is 1.27. The summed E-state index contributed by atoms with van der Waals surface area (Å²) in [6.07, 6.45) is 3.08. The first-order valence-corrected chi connectivity index (χ1v) is 14.3. The van der Waals surface area contributed by atoms with E-state index in [0.717, 1.165) is 17.2 Å². The predicted octanol–water partition coefficient (Wildman–Crippen LogP) is 4.76. The number of fused-ring (bicyclic) bond motifs is 2. The van der Waals surface area contributed by atoms with Crippen LogP contribution in [0.15, 0.2) is 75.7 Å². The molecule has 0 bridgehead atoms. The van der Waals surface area contributed by atoms with Crippen LogP contribution < -0.4 is 29.1 Å². The lowest BCUT2D eigenvalue weighted by atomic mass is 9.90. The van der Waals surface area contributed by atoms with Crippen molar-refractivity contribution in [2.75, 3.05) is 27.9 Å². The molecule has 1 aromatic heterocycles. The molecule has 8 nitrogen and oxygen atoms in total. The fraction of sp³-hybridized carbons (Fsp3) is 0.281. The molecule has 1 aliphatic heterocycles. The minimum atomic E-state index is -0.803. The van der Waals surface area contributed by atoms with E-state index in [9.17, 15) is 9.59 Å². The summed E-state index contributed by atoms with van der Waals surface area (Å²) < 4.78 is 24.4. The van der Waals surface area contributed by atoms with Crippen LogP contribution in [0, 0.1) is 0 Å². The summed E-state index contributed by atoms with van der Waals surface area (Å²) in [5.41, 5.74) is 2.08. The third-order valence-corrected chi connectivity index (χ3v) is 8.02. The molecule has 0 aliphatic carbocycles. The largest absolute Gasteiger partial charge is 0.497 e. The summed E-state index contributed by atoms with van der Waals surface area (Å²) in [5, 5.41) is 1.84. The molecule has 0 radical (unpaired) electrons. The number of rotatable bonds is 9. The summed E-state index contributed by atoms with van der Waals surface area (Å²) in [5.74, 6) is 1.31. The van der Waals surface area contributed by atoms with Crippen LogP contribution >= 0.6 is 11.3 Å². The molecule has 1 aliphatic rings. The minimum Gasteiger partial charge on any atom is -0.497 e. The van der Waals surface area contributed by atoms with Crippen molar-refractivity contribution in [1.82, 2.24) is 4.57 Å². The molecule has 3 aromatic carbocycles. The van der Waals surface area contributed by atoms with Gasteiger partial charge in [0.25, 0.3) is 5.56 Å². The van der Waals surface area contributed by atoms with Crippen LogP contribution in [0.3, 0.4) is 0 Å². The number of benzene rings is 3. The summed E-state index contributed by atoms with van der Waals surface area (Å²) in [6, 6.07) is 16.3. The van der Waals surface area contributed by atoms with Crippen molar-refractivity contribution in [3.63, 3.8) is 0 Å². The van der Waals surface area contributed by atoms with Gasteiger partial charge in [0.1, 0.15) is 23.3 Å². The van der Waals surface area contributed by atoms with E-state index >= 15 is 0 Å². The van der Waals surface area contributed by atoms with Gasteiger partial charge in [0.2, 0.25) is 0 Å². The Balaban J connectivity index is 1.88. The van der Waals surface area contributed by atoms with Gasteiger partial charge < -0.3 is 18.9 Å². The van der Waals surface area contributed by atoms with Gasteiger partial charge in [-0.05, 0) is 54.5 Å². The summed E-state index contributed by atoms with van der Waals surface area (Å²) in [7, 11) is 4.76. The number of ether oxygens (including phenoxy) is 4. The fourth-order valence-corrected chi connectivity index (χ4v) is 6.23. The predicted molar refractivity (Wildman–Crippen MR) is 160 cm³/mol. The first-order valence-electron chi connectivity index (χ1n) is 13.4. The number of esters is 1. The second-order valence-electron chi connectivity index (χ2n) is 9.42. The third-order valence-electron chi connectivity index (χ3n) is 7.04. The van der Waals surface area contributed by atoms with Crippen molar-refractivity contribution in [2.24, 2.45) is 4.99 Å². The Kier molecular flexibility index (Phi) is 8.26. The molecule has 41 heavy (non-hydrogen) atoms. The van der Waals surface area contributed by atoms with Crippen LogP contribution in [0.4, 0.5) is 0 Å². The Morgan fingerprint density at radius 2 is 1.76 bits per heavy atom. The van der Waals surface area contributed by atoms with Crippen LogP contribution in [0.5, 0.6) is 17.2 Å². The van der Waals surface area contributed by atoms with E-state index < -0.39 is 12.0 Å². The van der Waals surface area contributed by atoms with E-state index in [-0.39, 0.29) is 12.2 Å². The molecule has 0 fully saturated rings. The van der Waals surface area contributed by atoms with Crippen molar-refractivity contribution in [1.29, 1.82) is 0 Å². The lowest BCUT2D eigenvalue weighted by molar-refractivity contribution is -0.139. The first-order chi connectivity index (χ1) is 19.9. The Labute approximate surface area is 241 Å². The number of allylic oxidation sites excluding steroid dienone is 1. The van der Waals surface area contributed by atoms with Crippen LogP contribution in [0.1, 0.15) is 43.9 Å². The van der Waals surface area contributed by atoms with Gasteiger partial charge in [-0.15, -0.1) is 0 Å². The molecule has 0 spiro atoms. The van der Waals surface area contributed by atoms with Gasteiger partial charge >= 0.3 is 5.97 Å². The number of hydrogen-bond donors (Lipinski definition) is 0. The average molecular weight is 573 g/mol. The number of nitrogens with zero attached hydrogens (tertiary/aromatic N) is 2. The molecule has 1 unspecified atom stereocenters. The van der Waals surface area contributed by atoms with E-state index in [1.165, 1.54) is 11.3 Å². The van der Waals surface area contributed by atoms with Gasteiger partial charge in [-0.1, -0.05) is 55.0 Å². The van der Waals surface area contributed by atoms with Crippen molar-refractivity contribution in [2.45, 2.75) is 32.7 Å². The standard InChI is InChI=1S/C32H32N2O6S/c1-6-10-23-28(31(36)40-7-2)29(27-22-12-9-8-11-19(22)13-15-25(27)39-5)34-30(35)26(41-32(34)33-23)18-20-17-21(37-3)14-16-24(20)38-4/h8-9,11-18,29H,6-7,10H2,1-5H3/b26-18-. The Morgan fingerprint density at radius 1 is 1.00 bits per heavy atom. The second-order valence-corrected chi connectivity index (χ2v) is 10.4. The monoisotopic (exact) mass is 572 g/mol. The van der Waals surface area contributed by atoms with E-state index in [4.69, 9.17) is 23.9 Å². The summed E-state index contributed by atoms with van der Waals surface area (Å²) in [6.45, 7) is 3.99. The highest BCUT2D eigenvalue weighted by Crippen LogP contribution is 2.41. The summed E-state index contributed by atoms with van der Waals surface area (Å²) in [4.78, 5) is 33.3. The number of aromatic nitrogens is 1. The highest BCUT2D eigenvalue weighted by atomic mass is 32.1. The molecule has 5 rings (SSSR count). The molecule has 212 valence electrons. The molecule has 1 atom stereocenters. The SMILES string of the molecule is CCCC1=C(C(=O)OCC)C(c2c(OC)ccc3ccccc23)n2c(s/c(=C\c3cc(OC)ccc3OC)c2=O)=N1. The third kappa shape index (κ3) is 5.13. The number of thiazole rings is 1. The van der Waals surface area contributed by atoms with Gasteiger partial charge in [-0.3, -0.25) is 9.36 Å². The van der Waals surface area contributed by atoms with Crippen molar-refractivity contribution >= 4 is 34.2 Å². The maximum absolute atomic E-state index is 14.3. The molecular formula is C32H32N2O6S. The van der Waals surface area contributed by atoms with Crippen LogP contribution in [-0.4, -0.2) is 38.5 Å². The van der Waals surface area contributed by atoms with E-state index in [1.807, 2.05) is 49.4 Å². The zero-order valence-corrected chi connectivity index (χ0v) is 24.5. The van der Waals surface area contributed by atoms with Crippen molar-refractivity contribution < 1.29 is 23.7 Å². The minimum absolute atomic E-state index is 0.196. The van der Waals surface area contributed by atoms with Crippen LogP contribution in [0.25, 0.3) is 16.8 Å². The number of methoxy groups -OCH3 is 3. The highest BCUT2D eigenvalue weighted by molar-refractivity contribution is 7.07. The first kappa shape index (κ1) is 28.2.